The molecule has 26 heavy (non-hydrogen) atoms. The van der Waals surface area contributed by atoms with Crippen molar-refractivity contribution < 1.29 is 9.59 Å². The number of halogens is 1. The van der Waals surface area contributed by atoms with Crippen LogP contribution in [0.5, 0.6) is 0 Å². The molecule has 1 saturated heterocycles. The Morgan fingerprint density at radius 3 is 2.46 bits per heavy atom. The molecule has 1 heterocycles. The molecule has 1 aliphatic rings. The molecular formula is C20H22ClN3O2. The van der Waals surface area contributed by atoms with E-state index < -0.39 is 0 Å². The molecule has 0 spiro atoms. The molecule has 0 aromatic heterocycles. The Kier molecular flexibility index (Phi) is 5.47. The molecule has 0 saturated carbocycles. The second kappa shape index (κ2) is 7.79. The molecule has 0 bridgehead atoms. The van der Waals surface area contributed by atoms with Crippen molar-refractivity contribution in [2.45, 2.75) is 26.2 Å². The summed E-state index contributed by atoms with van der Waals surface area (Å²) >= 11 is 6.31. The van der Waals surface area contributed by atoms with Crippen molar-refractivity contribution in [3.63, 3.8) is 0 Å². The SMILES string of the molecule is Cc1ccc(N)cc1C(=O)Nc1ccc(C(=O)N2CCCCC2)c(Cl)c1. The fourth-order valence-electron chi connectivity index (χ4n) is 3.12. The van der Waals surface area contributed by atoms with Crippen LogP contribution < -0.4 is 11.1 Å². The van der Waals surface area contributed by atoms with Crippen molar-refractivity contribution >= 4 is 34.8 Å². The van der Waals surface area contributed by atoms with E-state index in [1.165, 1.54) is 0 Å². The fourth-order valence-corrected chi connectivity index (χ4v) is 3.38. The van der Waals surface area contributed by atoms with Gasteiger partial charge in [0.2, 0.25) is 0 Å². The first-order valence-electron chi connectivity index (χ1n) is 8.72. The molecule has 2 amide bonds. The van der Waals surface area contributed by atoms with Crippen molar-refractivity contribution in [2.24, 2.45) is 0 Å². The number of carbonyl (C=O) groups excluding carboxylic acids is 2. The highest BCUT2D eigenvalue weighted by Crippen LogP contribution is 2.24. The standard InChI is InChI=1S/C20H22ClN3O2/c1-13-5-6-14(22)11-17(13)19(25)23-15-7-8-16(18(21)12-15)20(26)24-9-3-2-4-10-24/h5-8,11-12H,2-4,9-10,22H2,1H3,(H,23,25). The summed E-state index contributed by atoms with van der Waals surface area (Å²) in [6.07, 6.45) is 3.21. The summed E-state index contributed by atoms with van der Waals surface area (Å²) in [6.45, 7) is 3.38. The van der Waals surface area contributed by atoms with Crippen LogP contribution in [0.25, 0.3) is 0 Å². The number of likely N-dealkylation sites (tertiary alicyclic amines) is 1. The maximum Gasteiger partial charge on any atom is 0.256 e. The number of benzene rings is 2. The first-order chi connectivity index (χ1) is 12.5. The molecule has 1 fully saturated rings. The van der Waals surface area contributed by atoms with Crippen molar-refractivity contribution in [1.82, 2.24) is 4.90 Å². The average Bonchev–Trinajstić information content (AvgIpc) is 2.64. The summed E-state index contributed by atoms with van der Waals surface area (Å²) in [5, 5.41) is 3.14. The Hall–Kier alpha value is -2.53. The fraction of sp³-hybridized carbons (Fsp3) is 0.300. The van der Waals surface area contributed by atoms with Crippen LogP contribution in [-0.4, -0.2) is 29.8 Å². The van der Waals surface area contributed by atoms with Crippen LogP contribution in [0.2, 0.25) is 5.02 Å². The predicted molar refractivity (Wildman–Crippen MR) is 105 cm³/mol. The molecular weight excluding hydrogens is 350 g/mol. The quantitative estimate of drug-likeness (QED) is 0.797. The minimum Gasteiger partial charge on any atom is -0.399 e. The summed E-state index contributed by atoms with van der Waals surface area (Å²) < 4.78 is 0. The Bertz CT molecular complexity index is 845. The molecule has 0 radical (unpaired) electrons. The van der Waals surface area contributed by atoms with Gasteiger partial charge < -0.3 is 16.0 Å². The highest BCUT2D eigenvalue weighted by atomic mass is 35.5. The maximum atomic E-state index is 12.6. The van der Waals surface area contributed by atoms with E-state index in [0.717, 1.165) is 37.9 Å². The van der Waals surface area contributed by atoms with E-state index in [1.807, 2.05) is 11.8 Å². The zero-order chi connectivity index (χ0) is 18.7. The second-order valence-corrected chi connectivity index (χ2v) is 6.98. The van der Waals surface area contributed by atoms with Crippen LogP contribution >= 0.6 is 11.6 Å². The lowest BCUT2D eigenvalue weighted by Crippen LogP contribution is -2.35. The molecule has 5 nitrogen and oxygen atoms in total. The third-order valence-corrected chi connectivity index (χ3v) is 4.92. The van der Waals surface area contributed by atoms with Gasteiger partial charge in [-0.25, -0.2) is 0 Å². The van der Waals surface area contributed by atoms with Gasteiger partial charge >= 0.3 is 0 Å². The summed E-state index contributed by atoms with van der Waals surface area (Å²) in [7, 11) is 0. The van der Waals surface area contributed by atoms with Crippen molar-refractivity contribution in [1.29, 1.82) is 0 Å². The maximum absolute atomic E-state index is 12.6. The minimum atomic E-state index is -0.263. The van der Waals surface area contributed by atoms with Crippen LogP contribution in [0.4, 0.5) is 11.4 Å². The first kappa shape index (κ1) is 18.3. The molecule has 2 aromatic rings. The van der Waals surface area contributed by atoms with E-state index in [0.29, 0.717) is 27.5 Å². The number of nitrogens with zero attached hydrogens (tertiary/aromatic N) is 1. The lowest BCUT2D eigenvalue weighted by Gasteiger charge is -2.27. The van der Waals surface area contributed by atoms with Crippen LogP contribution in [0.1, 0.15) is 45.5 Å². The van der Waals surface area contributed by atoms with Crippen LogP contribution in [0.15, 0.2) is 36.4 Å². The number of anilines is 2. The summed E-state index contributed by atoms with van der Waals surface area (Å²) in [4.78, 5) is 26.9. The van der Waals surface area contributed by atoms with E-state index in [2.05, 4.69) is 5.32 Å². The summed E-state index contributed by atoms with van der Waals surface area (Å²) in [5.41, 5.74) is 8.64. The van der Waals surface area contributed by atoms with Gasteiger partial charge in [-0.05, 0) is 62.1 Å². The van der Waals surface area contributed by atoms with E-state index >= 15 is 0 Å². The molecule has 0 aliphatic carbocycles. The number of hydrogen-bond acceptors (Lipinski definition) is 3. The van der Waals surface area contributed by atoms with Gasteiger partial charge in [0.1, 0.15) is 0 Å². The molecule has 6 heteroatoms. The van der Waals surface area contributed by atoms with E-state index in [9.17, 15) is 9.59 Å². The number of carbonyl (C=O) groups is 2. The molecule has 0 unspecified atom stereocenters. The molecule has 2 aromatic carbocycles. The third-order valence-electron chi connectivity index (χ3n) is 4.61. The molecule has 3 rings (SSSR count). The Balaban J connectivity index is 1.76. The van der Waals surface area contributed by atoms with Gasteiger partial charge in [0, 0.05) is 30.0 Å². The smallest absolute Gasteiger partial charge is 0.256 e. The van der Waals surface area contributed by atoms with Gasteiger partial charge in [0.25, 0.3) is 11.8 Å². The number of nitrogens with two attached hydrogens (primary N) is 1. The van der Waals surface area contributed by atoms with Gasteiger partial charge in [0.15, 0.2) is 0 Å². The Labute approximate surface area is 158 Å². The Morgan fingerprint density at radius 2 is 1.77 bits per heavy atom. The predicted octanol–water partition coefficient (Wildman–Crippen LogP) is 4.11. The van der Waals surface area contributed by atoms with E-state index in [4.69, 9.17) is 17.3 Å². The van der Waals surface area contributed by atoms with E-state index in [-0.39, 0.29) is 11.8 Å². The van der Waals surface area contributed by atoms with Gasteiger partial charge in [-0.2, -0.15) is 0 Å². The number of rotatable bonds is 3. The van der Waals surface area contributed by atoms with Gasteiger partial charge in [-0.15, -0.1) is 0 Å². The van der Waals surface area contributed by atoms with Gasteiger partial charge in [-0.3, -0.25) is 9.59 Å². The molecule has 0 atom stereocenters. The zero-order valence-electron chi connectivity index (χ0n) is 14.7. The van der Waals surface area contributed by atoms with Gasteiger partial charge in [-0.1, -0.05) is 17.7 Å². The average molecular weight is 372 g/mol. The topological polar surface area (TPSA) is 75.4 Å². The number of nitrogen functional groups attached to an aromatic ring is 1. The largest absolute Gasteiger partial charge is 0.399 e. The summed E-state index contributed by atoms with van der Waals surface area (Å²) in [6, 6.07) is 10.2. The van der Waals surface area contributed by atoms with Crippen molar-refractivity contribution in [3.05, 3.63) is 58.1 Å². The normalized spacial score (nSPS) is 14.2. The minimum absolute atomic E-state index is 0.0562. The van der Waals surface area contributed by atoms with E-state index in [1.54, 1.807) is 36.4 Å². The molecule has 3 N–H and O–H groups in total. The number of piperidine rings is 1. The lowest BCUT2D eigenvalue weighted by atomic mass is 10.1. The Morgan fingerprint density at radius 1 is 1.04 bits per heavy atom. The van der Waals surface area contributed by atoms with Crippen LogP contribution in [0.3, 0.4) is 0 Å². The van der Waals surface area contributed by atoms with Crippen LogP contribution in [-0.2, 0) is 0 Å². The molecule has 1 aliphatic heterocycles. The highest BCUT2D eigenvalue weighted by Gasteiger charge is 2.20. The highest BCUT2D eigenvalue weighted by molar-refractivity contribution is 6.34. The van der Waals surface area contributed by atoms with Gasteiger partial charge in [0.05, 0.1) is 10.6 Å². The number of aryl methyl sites for hydroxylation is 1. The monoisotopic (exact) mass is 371 g/mol. The number of hydrogen-bond donors (Lipinski definition) is 2. The third kappa shape index (κ3) is 3.99. The summed E-state index contributed by atoms with van der Waals surface area (Å²) in [5.74, 6) is -0.319. The number of amides is 2. The molecule has 136 valence electrons. The van der Waals surface area contributed by atoms with Crippen molar-refractivity contribution in [2.75, 3.05) is 24.1 Å². The lowest BCUT2D eigenvalue weighted by molar-refractivity contribution is 0.0724. The van der Waals surface area contributed by atoms with Crippen molar-refractivity contribution in [3.8, 4) is 0 Å². The second-order valence-electron chi connectivity index (χ2n) is 6.58. The first-order valence-corrected chi connectivity index (χ1v) is 9.10. The zero-order valence-corrected chi connectivity index (χ0v) is 15.5. The number of nitrogens with one attached hydrogen (secondary N) is 1. The van der Waals surface area contributed by atoms with Crippen LogP contribution in [0, 0.1) is 6.92 Å².